The standard InChI is InChI=1S/C25H22FNO3/c26-17-13-12-15(14-22(17)30-16-6-2-1-3-7-16)23-24-18(8-4-10-20(24)28)27-19-9-5-11-21(29)25(19)23/h1-3,6-7,12-14,23-24H,4-5,8-11H2/t23-,24?/m1/s1. The van der Waals surface area contributed by atoms with Crippen LogP contribution in [0.4, 0.5) is 4.39 Å². The Morgan fingerprint density at radius 3 is 2.53 bits per heavy atom. The van der Waals surface area contributed by atoms with E-state index in [1.54, 1.807) is 24.3 Å². The van der Waals surface area contributed by atoms with E-state index in [-0.39, 0.29) is 17.3 Å². The van der Waals surface area contributed by atoms with E-state index in [1.807, 2.05) is 18.2 Å². The van der Waals surface area contributed by atoms with Gasteiger partial charge in [0.25, 0.3) is 0 Å². The second kappa shape index (κ2) is 7.63. The lowest BCUT2D eigenvalue weighted by Gasteiger charge is -2.38. The highest BCUT2D eigenvalue weighted by Crippen LogP contribution is 2.46. The third-order valence-electron chi connectivity index (χ3n) is 6.20. The summed E-state index contributed by atoms with van der Waals surface area (Å²) in [5.41, 5.74) is 3.06. The number of allylic oxidation sites excluding steroid dienone is 2. The first-order chi connectivity index (χ1) is 14.6. The molecule has 4 nitrogen and oxygen atoms in total. The molecule has 0 N–H and O–H groups in total. The van der Waals surface area contributed by atoms with Crippen LogP contribution in [0.15, 0.2) is 64.8 Å². The summed E-state index contributed by atoms with van der Waals surface area (Å²) in [6.07, 6.45) is 4.05. The predicted octanol–water partition coefficient (Wildman–Crippen LogP) is 5.53. The minimum Gasteiger partial charge on any atom is -0.454 e. The predicted molar refractivity (Wildman–Crippen MR) is 111 cm³/mol. The molecule has 0 radical (unpaired) electrons. The van der Waals surface area contributed by atoms with Gasteiger partial charge in [-0.1, -0.05) is 24.3 Å². The number of carbonyl (C=O) groups is 2. The van der Waals surface area contributed by atoms with Crippen molar-refractivity contribution < 1.29 is 18.7 Å². The summed E-state index contributed by atoms with van der Waals surface area (Å²) in [6, 6.07) is 13.7. The van der Waals surface area contributed by atoms with Gasteiger partial charge in [0.1, 0.15) is 11.5 Å². The van der Waals surface area contributed by atoms with Crippen LogP contribution in [-0.4, -0.2) is 17.3 Å². The molecule has 5 rings (SSSR count). The molecular formula is C25H22FNO3. The highest BCUT2D eigenvalue weighted by atomic mass is 19.1. The first kappa shape index (κ1) is 18.9. The molecule has 0 spiro atoms. The van der Waals surface area contributed by atoms with Gasteiger partial charge in [-0.2, -0.15) is 0 Å². The van der Waals surface area contributed by atoms with Crippen molar-refractivity contribution in [3.63, 3.8) is 0 Å². The molecule has 1 saturated carbocycles. The molecule has 152 valence electrons. The van der Waals surface area contributed by atoms with Gasteiger partial charge in [-0.15, -0.1) is 0 Å². The molecule has 2 atom stereocenters. The number of hydrogen-bond acceptors (Lipinski definition) is 4. The highest BCUT2D eigenvalue weighted by Gasteiger charge is 2.44. The number of Topliss-reactive ketones (excluding diaryl/α,β-unsaturated/α-hetero) is 2. The van der Waals surface area contributed by atoms with Crippen LogP contribution in [0.25, 0.3) is 0 Å². The molecule has 1 heterocycles. The molecule has 0 saturated heterocycles. The molecule has 1 unspecified atom stereocenters. The number of para-hydroxylation sites is 1. The largest absolute Gasteiger partial charge is 0.454 e. The van der Waals surface area contributed by atoms with Crippen molar-refractivity contribution in [2.75, 3.05) is 0 Å². The molecule has 1 aliphatic heterocycles. The van der Waals surface area contributed by atoms with Crippen LogP contribution in [0.5, 0.6) is 11.5 Å². The zero-order valence-corrected chi connectivity index (χ0v) is 16.6. The van der Waals surface area contributed by atoms with E-state index in [1.165, 1.54) is 6.07 Å². The number of aliphatic imine (C=N–C) groups is 1. The zero-order chi connectivity index (χ0) is 20.7. The van der Waals surface area contributed by atoms with E-state index in [0.717, 1.165) is 42.7 Å². The van der Waals surface area contributed by atoms with Crippen LogP contribution in [0, 0.1) is 11.7 Å². The van der Waals surface area contributed by atoms with Gasteiger partial charge in [-0.25, -0.2) is 4.39 Å². The third-order valence-corrected chi connectivity index (χ3v) is 6.20. The molecule has 2 aromatic rings. The summed E-state index contributed by atoms with van der Waals surface area (Å²) in [4.78, 5) is 30.6. The van der Waals surface area contributed by atoms with Crippen LogP contribution >= 0.6 is 0 Å². The molecule has 2 aromatic carbocycles. The maximum absolute atomic E-state index is 14.5. The van der Waals surface area contributed by atoms with E-state index in [0.29, 0.717) is 24.2 Å². The van der Waals surface area contributed by atoms with Crippen molar-refractivity contribution in [1.82, 2.24) is 0 Å². The number of ether oxygens (including phenoxy) is 1. The van der Waals surface area contributed by atoms with Crippen molar-refractivity contribution in [3.05, 3.63) is 71.2 Å². The number of carbonyl (C=O) groups excluding carboxylic acids is 2. The number of ketones is 2. The highest BCUT2D eigenvalue weighted by molar-refractivity contribution is 6.12. The first-order valence-corrected chi connectivity index (χ1v) is 10.5. The minimum atomic E-state index is -0.480. The summed E-state index contributed by atoms with van der Waals surface area (Å²) < 4.78 is 20.3. The van der Waals surface area contributed by atoms with Crippen molar-refractivity contribution in [2.45, 2.75) is 44.4 Å². The summed E-state index contributed by atoms with van der Waals surface area (Å²) in [5.74, 6) is -0.534. The maximum atomic E-state index is 14.5. The second-order valence-electron chi connectivity index (χ2n) is 8.12. The molecule has 2 aliphatic carbocycles. The summed E-state index contributed by atoms with van der Waals surface area (Å²) in [5, 5.41) is 0. The molecule has 5 heteroatoms. The monoisotopic (exact) mass is 403 g/mol. The lowest BCUT2D eigenvalue weighted by atomic mass is 9.67. The molecule has 0 aromatic heterocycles. The minimum absolute atomic E-state index is 0.0530. The summed E-state index contributed by atoms with van der Waals surface area (Å²) in [6.45, 7) is 0. The fourth-order valence-electron chi connectivity index (χ4n) is 4.87. The Morgan fingerprint density at radius 2 is 1.70 bits per heavy atom. The van der Waals surface area contributed by atoms with Gasteiger partial charge < -0.3 is 4.74 Å². The van der Waals surface area contributed by atoms with Gasteiger partial charge in [-0.3, -0.25) is 14.6 Å². The molecule has 3 aliphatic rings. The van der Waals surface area contributed by atoms with Crippen LogP contribution in [-0.2, 0) is 9.59 Å². The zero-order valence-electron chi connectivity index (χ0n) is 16.6. The topological polar surface area (TPSA) is 55.7 Å². The van der Waals surface area contributed by atoms with Crippen molar-refractivity contribution in [3.8, 4) is 11.5 Å². The van der Waals surface area contributed by atoms with Gasteiger partial charge in [0.15, 0.2) is 17.3 Å². The molecule has 1 fully saturated rings. The number of nitrogens with zero attached hydrogens (tertiary/aromatic N) is 1. The number of halogens is 1. The summed E-state index contributed by atoms with van der Waals surface area (Å²) in [7, 11) is 0. The first-order valence-electron chi connectivity index (χ1n) is 10.5. The Labute approximate surface area is 174 Å². The molecule has 0 amide bonds. The van der Waals surface area contributed by atoms with Crippen molar-refractivity contribution in [2.24, 2.45) is 10.9 Å². The average molecular weight is 403 g/mol. The van der Waals surface area contributed by atoms with Gasteiger partial charge in [0.2, 0.25) is 0 Å². The normalized spacial score (nSPS) is 23.6. The molecular weight excluding hydrogens is 381 g/mol. The Balaban J connectivity index is 1.61. The average Bonchev–Trinajstić information content (AvgIpc) is 2.75. The summed E-state index contributed by atoms with van der Waals surface area (Å²) >= 11 is 0. The van der Waals surface area contributed by atoms with Crippen molar-refractivity contribution in [1.29, 1.82) is 0 Å². The molecule has 0 bridgehead atoms. The Kier molecular flexibility index (Phi) is 4.81. The van der Waals surface area contributed by atoms with Crippen LogP contribution in [0.1, 0.15) is 50.0 Å². The van der Waals surface area contributed by atoms with Gasteiger partial charge in [0, 0.05) is 35.7 Å². The van der Waals surface area contributed by atoms with Gasteiger partial charge in [0.05, 0.1) is 5.92 Å². The Hall–Kier alpha value is -3.08. The van der Waals surface area contributed by atoms with Crippen LogP contribution in [0.2, 0.25) is 0 Å². The Bertz CT molecular complexity index is 1090. The van der Waals surface area contributed by atoms with Gasteiger partial charge >= 0.3 is 0 Å². The lowest BCUT2D eigenvalue weighted by Crippen LogP contribution is -2.39. The number of rotatable bonds is 3. The van der Waals surface area contributed by atoms with E-state index < -0.39 is 17.7 Å². The van der Waals surface area contributed by atoms with E-state index >= 15 is 0 Å². The van der Waals surface area contributed by atoms with E-state index in [4.69, 9.17) is 9.73 Å². The van der Waals surface area contributed by atoms with Crippen LogP contribution < -0.4 is 4.74 Å². The second-order valence-corrected chi connectivity index (χ2v) is 8.12. The number of benzene rings is 2. The van der Waals surface area contributed by atoms with E-state index in [9.17, 15) is 14.0 Å². The van der Waals surface area contributed by atoms with Gasteiger partial charge in [-0.05, 0) is 55.5 Å². The quantitative estimate of drug-likeness (QED) is 0.677. The smallest absolute Gasteiger partial charge is 0.165 e. The third kappa shape index (κ3) is 3.28. The fraction of sp³-hybridized carbons (Fsp3) is 0.320. The SMILES string of the molecule is O=C1CCCC2=C1[C@H](c1ccc(F)c(Oc3ccccc3)c1)C1C(=O)CCCC1=N2. The lowest BCUT2D eigenvalue weighted by molar-refractivity contribution is -0.122. The van der Waals surface area contributed by atoms with E-state index in [2.05, 4.69) is 0 Å². The number of hydrogen-bond donors (Lipinski definition) is 0. The maximum Gasteiger partial charge on any atom is 0.165 e. The Morgan fingerprint density at radius 1 is 0.900 bits per heavy atom. The van der Waals surface area contributed by atoms with Crippen LogP contribution in [0.3, 0.4) is 0 Å². The number of fused-ring (bicyclic) bond motifs is 1. The fourth-order valence-corrected chi connectivity index (χ4v) is 4.87. The molecule has 30 heavy (non-hydrogen) atoms. The van der Waals surface area contributed by atoms with Crippen molar-refractivity contribution >= 4 is 17.3 Å².